The fourth-order valence-corrected chi connectivity index (χ4v) is 1.87. The molecule has 0 radical (unpaired) electrons. The van der Waals surface area contributed by atoms with Crippen LogP contribution in [-0.4, -0.2) is 77.0 Å². The van der Waals surface area contributed by atoms with Gasteiger partial charge in [-0.1, -0.05) is 0 Å². The van der Waals surface area contributed by atoms with E-state index in [1.54, 1.807) is 20.8 Å². The molecule has 3 N–H and O–H groups in total. The van der Waals surface area contributed by atoms with Crippen LogP contribution in [0.15, 0.2) is 0 Å². The van der Waals surface area contributed by atoms with E-state index < -0.39 is 48.8 Å². The zero-order chi connectivity index (χ0) is 18.1. The van der Waals surface area contributed by atoms with Crippen molar-refractivity contribution in [2.75, 3.05) is 26.2 Å². The molecule has 2 saturated heterocycles. The van der Waals surface area contributed by atoms with Crippen LogP contribution in [0.2, 0.25) is 0 Å². The minimum absolute atomic E-state index is 0. The van der Waals surface area contributed by atoms with E-state index in [-0.39, 0.29) is 37.9 Å². The molecular weight excluding hydrogens is 395 g/mol. The minimum atomic E-state index is -3.24. The number of alkyl halides is 4. The third-order valence-electron chi connectivity index (χ3n) is 3.12. The topological polar surface area (TPSA) is 82.0 Å². The van der Waals surface area contributed by atoms with Gasteiger partial charge in [0.1, 0.15) is 17.8 Å². The number of aliphatic hydroxyl groups excluding tert-OH is 2. The second-order valence-corrected chi connectivity index (χ2v) is 6.55. The molecule has 0 aromatic carbocycles. The molecule has 2 aliphatic rings. The quantitative estimate of drug-likeness (QED) is 0.521. The summed E-state index contributed by atoms with van der Waals surface area (Å²) in [5.41, 5.74) is -0.722. The first kappa shape index (κ1) is 26.7. The molecule has 12 heteroatoms. The molecule has 0 spiro atoms. The first-order valence-corrected chi connectivity index (χ1v) is 7.05. The smallest absolute Gasteiger partial charge is 0.410 e. The molecule has 0 bridgehead atoms. The van der Waals surface area contributed by atoms with Crippen LogP contribution in [0.3, 0.4) is 0 Å². The molecule has 0 aromatic heterocycles. The Morgan fingerprint density at radius 1 is 1.12 bits per heavy atom. The maximum Gasteiger partial charge on any atom is 0.410 e. The van der Waals surface area contributed by atoms with Crippen LogP contribution < -0.4 is 5.32 Å². The van der Waals surface area contributed by atoms with Crippen molar-refractivity contribution in [3.05, 3.63) is 0 Å². The van der Waals surface area contributed by atoms with Gasteiger partial charge in [0.2, 0.25) is 0 Å². The molecule has 152 valence electrons. The lowest BCUT2D eigenvalue weighted by Gasteiger charge is -2.23. The van der Waals surface area contributed by atoms with E-state index >= 15 is 0 Å². The second-order valence-electron chi connectivity index (χ2n) is 6.55. The first-order valence-electron chi connectivity index (χ1n) is 7.05. The van der Waals surface area contributed by atoms with Gasteiger partial charge in [0.15, 0.2) is 0 Å². The van der Waals surface area contributed by atoms with Crippen molar-refractivity contribution in [3.63, 3.8) is 0 Å². The summed E-state index contributed by atoms with van der Waals surface area (Å²) >= 11 is 0. The highest BCUT2D eigenvalue weighted by molar-refractivity contribution is 5.85. The number of ether oxygens (including phenoxy) is 1. The van der Waals surface area contributed by atoms with Gasteiger partial charge >= 0.3 is 6.09 Å². The highest BCUT2D eigenvalue weighted by Crippen LogP contribution is 2.28. The third-order valence-corrected chi connectivity index (χ3v) is 3.12. The van der Waals surface area contributed by atoms with Gasteiger partial charge in [-0.2, -0.15) is 0 Å². The summed E-state index contributed by atoms with van der Waals surface area (Å²) < 4.78 is 54.7. The molecule has 0 aliphatic carbocycles. The van der Waals surface area contributed by atoms with Crippen LogP contribution in [0.25, 0.3) is 0 Å². The van der Waals surface area contributed by atoms with E-state index in [2.05, 4.69) is 5.32 Å². The minimum Gasteiger partial charge on any atom is -0.444 e. The molecule has 2 unspecified atom stereocenters. The molecule has 2 rings (SSSR count). The monoisotopic (exact) mass is 418 g/mol. The van der Waals surface area contributed by atoms with E-state index in [1.165, 1.54) is 0 Å². The fraction of sp³-hybridized carbons (Fsp3) is 0.923. The van der Waals surface area contributed by atoms with E-state index in [1.807, 2.05) is 0 Å². The number of aliphatic hydroxyl groups is 2. The van der Waals surface area contributed by atoms with E-state index in [0.29, 0.717) is 0 Å². The van der Waals surface area contributed by atoms with Gasteiger partial charge < -0.3 is 20.3 Å². The Morgan fingerprint density at radius 3 is 1.88 bits per heavy atom. The third kappa shape index (κ3) is 8.12. The number of hydrogen-bond acceptors (Lipinski definition) is 5. The lowest BCUT2D eigenvalue weighted by Crippen LogP contribution is -2.36. The Morgan fingerprint density at radius 2 is 1.64 bits per heavy atom. The molecule has 1 amide bonds. The van der Waals surface area contributed by atoms with Crippen molar-refractivity contribution < 1.29 is 37.3 Å². The largest absolute Gasteiger partial charge is 0.444 e. The van der Waals surface area contributed by atoms with Crippen LogP contribution in [0.4, 0.5) is 22.4 Å². The normalized spacial score (nSPS) is 26.7. The number of likely N-dealkylation sites (tertiary alicyclic amines) is 1. The SMILES string of the molecule is CC(C)(C)OC(=O)N1CC(O)C(F)(F)C1.Cl.Cl.OC1CNCC1(F)F. The van der Waals surface area contributed by atoms with E-state index in [4.69, 9.17) is 14.9 Å². The molecule has 2 atom stereocenters. The highest BCUT2D eigenvalue weighted by Gasteiger charge is 2.49. The van der Waals surface area contributed by atoms with Crippen LogP contribution in [0.1, 0.15) is 20.8 Å². The lowest BCUT2D eigenvalue weighted by molar-refractivity contribution is -0.0732. The van der Waals surface area contributed by atoms with Gasteiger partial charge in [-0.25, -0.2) is 22.4 Å². The van der Waals surface area contributed by atoms with E-state index in [9.17, 15) is 22.4 Å². The van der Waals surface area contributed by atoms with Crippen LogP contribution in [0, 0.1) is 0 Å². The number of carbonyl (C=O) groups excluding carboxylic acids is 1. The number of carbonyl (C=O) groups is 1. The summed E-state index contributed by atoms with van der Waals surface area (Å²) in [5, 5.41) is 19.8. The van der Waals surface area contributed by atoms with Crippen molar-refractivity contribution >= 4 is 30.9 Å². The number of rotatable bonds is 0. The molecule has 2 fully saturated rings. The van der Waals surface area contributed by atoms with Crippen molar-refractivity contribution in [1.29, 1.82) is 0 Å². The summed E-state index contributed by atoms with van der Waals surface area (Å²) in [6.07, 6.45) is -4.11. The van der Waals surface area contributed by atoms with Gasteiger partial charge in [0.05, 0.1) is 19.6 Å². The van der Waals surface area contributed by atoms with Crippen molar-refractivity contribution in [1.82, 2.24) is 10.2 Å². The number of hydrogen-bond donors (Lipinski definition) is 3. The summed E-state index contributed by atoms with van der Waals surface area (Å²) in [4.78, 5) is 12.2. The zero-order valence-electron chi connectivity index (χ0n) is 14.0. The summed E-state index contributed by atoms with van der Waals surface area (Å²) in [6, 6.07) is 0. The second kappa shape index (κ2) is 9.40. The predicted octanol–water partition coefficient (Wildman–Crippen LogP) is 1.66. The van der Waals surface area contributed by atoms with Gasteiger partial charge in [-0.3, -0.25) is 4.90 Å². The molecule has 0 saturated carbocycles. The number of halogens is 6. The molecule has 6 nitrogen and oxygen atoms in total. The van der Waals surface area contributed by atoms with Crippen molar-refractivity contribution in [2.24, 2.45) is 0 Å². The number of nitrogens with zero attached hydrogens (tertiary/aromatic N) is 1. The summed E-state index contributed by atoms with van der Waals surface area (Å²) in [6.45, 7) is 3.38. The van der Waals surface area contributed by atoms with Gasteiger partial charge in [0, 0.05) is 6.54 Å². The Balaban J connectivity index is 0. The maximum absolute atomic E-state index is 12.9. The first-order chi connectivity index (χ1) is 10.2. The van der Waals surface area contributed by atoms with Crippen molar-refractivity contribution in [3.8, 4) is 0 Å². The predicted molar refractivity (Wildman–Crippen MR) is 87.1 cm³/mol. The van der Waals surface area contributed by atoms with Gasteiger partial charge in [0.25, 0.3) is 11.8 Å². The molecule has 25 heavy (non-hydrogen) atoms. The van der Waals surface area contributed by atoms with Crippen LogP contribution in [-0.2, 0) is 4.74 Å². The highest BCUT2D eigenvalue weighted by atomic mass is 35.5. The maximum atomic E-state index is 12.9. The van der Waals surface area contributed by atoms with E-state index in [0.717, 1.165) is 4.90 Å². The van der Waals surface area contributed by atoms with Crippen molar-refractivity contribution in [2.45, 2.75) is 50.4 Å². The summed E-state index contributed by atoms with van der Waals surface area (Å²) in [7, 11) is 0. The lowest BCUT2D eigenvalue weighted by atomic mass is 10.2. The molecule has 2 heterocycles. The average molecular weight is 419 g/mol. The molecular formula is C13H24Cl2F4N2O4. The van der Waals surface area contributed by atoms with Crippen LogP contribution in [0.5, 0.6) is 0 Å². The Bertz CT molecular complexity index is 439. The summed E-state index contributed by atoms with van der Waals surface area (Å²) in [5.74, 6) is -6.14. The van der Waals surface area contributed by atoms with Gasteiger partial charge in [-0.15, -0.1) is 24.8 Å². The Hall–Kier alpha value is -0.550. The fourth-order valence-electron chi connectivity index (χ4n) is 1.87. The number of amides is 1. The molecule has 2 aliphatic heterocycles. The molecule has 0 aromatic rings. The van der Waals surface area contributed by atoms with Gasteiger partial charge in [-0.05, 0) is 20.8 Å². The Labute approximate surface area is 155 Å². The average Bonchev–Trinajstić information content (AvgIpc) is 2.78. The number of β-amino-alcohol motifs (C(OH)–C–C–N with tert-alkyl or cyclic N) is 2. The van der Waals surface area contributed by atoms with Crippen LogP contribution >= 0.6 is 24.8 Å². The Kier molecular flexibility index (Phi) is 10.0. The zero-order valence-corrected chi connectivity index (χ0v) is 15.6. The number of nitrogens with one attached hydrogen (secondary N) is 1. The standard InChI is InChI=1S/C9H15F2NO3.C4H7F2NO.2ClH/c1-8(2,3)15-7(14)12-4-6(13)9(10,11)5-12;5-4(6)2-7-1-3(4)8;;/h6,13H,4-5H2,1-3H3;3,7-8H,1-2H2;2*1H.